The summed E-state index contributed by atoms with van der Waals surface area (Å²) in [4.78, 5) is 16.0. The first-order valence-corrected chi connectivity index (χ1v) is 6.82. The standard InChI is InChI=1S/C14H12N6O/c15-4-9-7-18-20-13(9)19-12(10-5-16-17-6-10)11(14(20)21)8-2-1-3-8/h5-8,19H,1-3H2,(H,16,17). The van der Waals surface area contributed by atoms with Gasteiger partial charge in [0.1, 0.15) is 11.6 Å². The molecule has 7 nitrogen and oxygen atoms in total. The fraction of sp³-hybridized carbons (Fsp3) is 0.286. The van der Waals surface area contributed by atoms with Gasteiger partial charge in [-0.15, -0.1) is 0 Å². The third-order valence-corrected chi connectivity index (χ3v) is 4.13. The quantitative estimate of drug-likeness (QED) is 0.743. The summed E-state index contributed by atoms with van der Waals surface area (Å²) in [7, 11) is 0. The van der Waals surface area contributed by atoms with Crippen LogP contribution >= 0.6 is 0 Å². The molecule has 0 radical (unpaired) electrons. The lowest BCUT2D eigenvalue weighted by molar-refractivity contribution is 0.415. The summed E-state index contributed by atoms with van der Waals surface area (Å²) in [5.74, 6) is 0.248. The van der Waals surface area contributed by atoms with Gasteiger partial charge in [0, 0.05) is 17.3 Å². The van der Waals surface area contributed by atoms with Gasteiger partial charge < -0.3 is 4.98 Å². The summed E-state index contributed by atoms with van der Waals surface area (Å²) in [6.45, 7) is 0. The van der Waals surface area contributed by atoms with Crippen molar-refractivity contribution in [2.45, 2.75) is 25.2 Å². The number of nitrogens with one attached hydrogen (secondary N) is 2. The van der Waals surface area contributed by atoms with Crippen molar-refractivity contribution in [1.29, 1.82) is 5.26 Å². The van der Waals surface area contributed by atoms with Crippen molar-refractivity contribution >= 4 is 5.65 Å². The van der Waals surface area contributed by atoms with Crippen LogP contribution in [0.5, 0.6) is 0 Å². The maximum atomic E-state index is 12.7. The highest BCUT2D eigenvalue weighted by Crippen LogP contribution is 2.38. The van der Waals surface area contributed by atoms with Crippen LogP contribution in [0.1, 0.15) is 36.3 Å². The number of rotatable bonds is 2. The van der Waals surface area contributed by atoms with Gasteiger partial charge >= 0.3 is 0 Å². The van der Waals surface area contributed by atoms with Crippen LogP contribution in [0.25, 0.3) is 16.9 Å². The predicted molar refractivity (Wildman–Crippen MR) is 74.7 cm³/mol. The van der Waals surface area contributed by atoms with Crippen LogP contribution in [-0.2, 0) is 0 Å². The number of nitrogens with zero attached hydrogens (tertiary/aromatic N) is 4. The Hall–Kier alpha value is -2.88. The lowest BCUT2D eigenvalue weighted by Gasteiger charge is -2.26. The minimum atomic E-state index is -0.147. The van der Waals surface area contributed by atoms with E-state index in [1.54, 1.807) is 12.4 Å². The van der Waals surface area contributed by atoms with E-state index in [4.69, 9.17) is 5.26 Å². The molecule has 0 aliphatic heterocycles. The highest BCUT2D eigenvalue weighted by molar-refractivity contribution is 5.67. The lowest BCUT2D eigenvalue weighted by Crippen LogP contribution is -2.26. The van der Waals surface area contributed by atoms with Crippen molar-refractivity contribution in [3.8, 4) is 17.3 Å². The molecule has 1 aliphatic carbocycles. The highest BCUT2D eigenvalue weighted by Gasteiger charge is 2.28. The van der Waals surface area contributed by atoms with Gasteiger partial charge in [0.25, 0.3) is 5.56 Å². The smallest absolute Gasteiger partial charge is 0.278 e. The number of nitriles is 1. The molecular formula is C14H12N6O. The van der Waals surface area contributed by atoms with E-state index in [2.05, 4.69) is 20.3 Å². The summed E-state index contributed by atoms with van der Waals surface area (Å²) in [6.07, 6.45) is 7.97. The van der Waals surface area contributed by atoms with Crippen molar-refractivity contribution < 1.29 is 0 Å². The zero-order chi connectivity index (χ0) is 14.4. The van der Waals surface area contributed by atoms with Crippen molar-refractivity contribution in [1.82, 2.24) is 24.8 Å². The van der Waals surface area contributed by atoms with Crippen molar-refractivity contribution in [3.63, 3.8) is 0 Å². The number of H-pyrrole nitrogens is 2. The molecule has 4 rings (SSSR count). The van der Waals surface area contributed by atoms with Gasteiger partial charge in [0.05, 0.1) is 18.1 Å². The summed E-state index contributed by atoms with van der Waals surface area (Å²) in [6, 6.07) is 2.05. The molecule has 0 saturated heterocycles. The second-order valence-electron chi connectivity index (χ2n) is 5.26. The maximum Gasteiger partial charge on any atom is 0.278 e. The van der Waals surface area contributed by atoms with Gasteiger partial charge in [-0.05, 0) is 18.8 Å². The largest absolute Gasteiger partial charge is 0.338 e. The molecule has 1 saturated carbocycles. The summed E-state index contributed by atoms with van der Waals surface area (Å²) < 4.78 is 1.29. The first-order chi connectivity index (χ1) is 10.3. The van der Waals surface area contributed by atoms with Crippen LogP contribution in [0.3, 0.4) is 0 Å². The van der Waals surface area contributed by atoms with E-state index in [-0.39, 0.29) is 11.5 Å². The van der Waals surface area contributed by atoms with Crippen molar-refractivity contribution in [3.05, 3.63) is 40.1 Å². The first kappa shape index (κ1) is 11.9. The van der Waals surface area contributed by atoms with Crippen LogP contribution in [0, 0.1) is 11.3 Å². The molecule has 7 heteroatoms. The number of aromatic amines is 2. The molecule has 0 spiro atoms. The molecule has 0 bridgehead atoms. The average Bonchev–Trinajstić information content (AvgIpc) is 3.07. The Labute approximate surface area is 119 Å². The topological polar surface area (TPSA) is 103 Å². The third kappa shape index (κ3) is 1.62. The predicted octanol–water partition coefficient (Wildman–Crippen LogP) is 1.55. The van der Waals surface area contributed by atoms with Gasteiger partial charge in [-0.25, -0.2) is 0 Å². The molecule has 0 amide bonds. The average molecular weight is 280 g/mol. The van der Waals surface area contributed by atoms with Crippen LogP contribution < -0.4 is 5.56 Å². The molecular weight excluding hydrogens is 268 g/mol. The summed E-state index contributed by atoms with van der Waals surface area (Å²) in [5.41, 5.74) is 2.94. The van der Waals surface area contributed by atoms with Crippen LogP contribution in [0.4, 0.5) is 0 Å². The van der Waals surface area contributed by atoms with Gasteiger partial charge in [-0.2, -0.15) is 20.0 Å². The van der Waals surface area contributed by atoms with Gasteiger partial charge in [0.15, 0.2) is 5.65 Å². The number of hydrogen-bond acceptors (Lipinski definition) is 4. The SMILES string of the molecule is N#Cc1cnn2c(=O)c(C3CCC3)c(-c3cn[nH]c3)[nH]c12. The normalized spacial score (nSPS) is 15.0. The monoisotopic (exact) mass is 280 g/mol. The van der Waals surface area contributed by atoms with E-state index < -0.39 is 0 Å². The van der Waals surface area contributed by atoms with E-state index >= 15 is 0 Å². The van der Waals surface area contributed by atoms with Crippen molar-refractivity contribution in [2.24, 2.45) is 0 Å². The molecule has 21 heavy (non-hydrogen) atoms. The minimum absolute atomic E-state index is 0.147. The van der Waals surface area contributed by atoms with Crippen molar-refractivity contribution in [2.75, 3.05) is 0 Å². The van der Waals surface area contributed by atoms with Crippen LogP contribution in [-0.4, -0.2) is 24.8 Å². The summed E-state index contributed by atoms with van der Waals surface area (Å²) >= 11 is 0. The second kappa shape index (κ2) is 4.31. The Morgan fingerprint density at radius 1 is 1.38 bits per heavy atom. The second-order valence-corrected chi connectivity index (χ2v) is 5.26. The number of hydrogen-bond donors (Lipinski definition) is 2. The molecule has 0 aromatic carbocycles. The number of fused-ring (bicyclic) bond motifs is 1. The maximum absolute atomic E-state index is 12.7. The number of aromatic nitrogens is 5. The fourth-order valence-corrected chi connectivity index (χ4v) is 2.80. The molecule has 1 aliphatic rings. The van der Waals surface area contributed by atoms with E-state index in [0.29, 0.717) is 11.2 Å². The van der Waals surface area contributed by atoms with E-state index in [1.165, 1.54) is 10.7 Å². The van der Waals surface area contributed by atoms with Crippen LogP contribution in [0.15, 0.2) is 23.4 Å². The molecule has 104 valence electrons. The summed E-state index contributed by atoms with van der Waals surface area (Å²) in [5, 5.41) is 19.9. The van der Waals surface area contributed by atoms with Gasteiger partial charge in [-0.1, -0.05) is 6.42 Å². The third-order valence-electron chi connectivity index (χ3n) is 4.13. The van der Waals surface area contributed by atoms with Gasteiger partial charge in [-0.3, -0.25) is 9.89 Å². The van der Waals surface area contributed by atoms with Crippen LogP contribution in [0.2, 0.25) is 0 Å². The molecule has 3 aromatic heterocycles. The molecule has 1 fully saturated rings. The molecule has 2 N–H and O–H groups in total. The molecule has 0 unspecified atom stereocenters. The Balaban J connectivity index is 2.09. The lowest BCUT2D eigenvalue weighted by atomic mass is 9.79. The Morgan fingerprint density at radius 2 is 2.24 bits per heavy atom. The Bertz CT molecular complexity index is 907. The Morgan fingerprint density at radius 3 is 2.86 bits per heavy atom. The van der Waals surface area contributed by atoms with E-state index in [9.17, 15) is 4.79 Å². The fourth-order valence-electron chi connectivity index (χ4n) is 2.80. The van der Waals surface area contributed by atoms with Gasteiger partial charge in [0.2, 0.25) is 0 Å². The first-order valence-electron chi connectivity index (χ1n) is 6.82. The molecule has 3 aromatic rings. The minimum Gasteiger partial charge on any atom is -0.338 e. The molecule has 3 heterocycles. The zero-order valence-corrected chi connectivity index (χ0v) is 11.1. The van der Waals surface area contributed by atoms with E-state index in [1.807, 2.05) is 6.07 Å². The molecule has 0 atom stereocenters. The van der Waals surface area contributed by atoms with E-state index in [0.717, 1.165) is 36.1 Å². The highest BCUT2D eigenvalue weighted by atomic mass is 16.1. The zero-order valence-electron chi connectivity index (χ0n) is 11.1. The Kier molecular flexibility index (Phi) is 2.44.